The molecule has 0 aromatic heterocycles. The van der Waals surface area contributed by atoms with Crippen molar-refractivity contribution in [1.82, 2.24) is 0 Å². The molecule has 0 amide bonds. The minimum atomic E-state index is -0.119. The molecule has 0 spiro atoms. The molecule has 2 aliphatic rings. The van der Waals surface area contributed by atoms with Gasteiger partial charge >= 0.3 is 39.3 Å². The topological polar surface area (TPSA) is 46.1 Å². The van der Waals surface area contributed by atoms with E-state index < -0.39 is 0 Å². The smallest absolute Gasteiger partial charge is 0.875 e. The Balaban J connectivity index is 0.000000465. The molecule has 0 bridgehead atoms. The van der Waals surface area contributed by atoms with Gasteiger partial charge in [0.15, 0.2) is 0 Å². The summed E-state index contributed by atoms with van der Waals surface area (Å²) >= 11 is 0. The third-order valence-electron chi connectivity index (χ3n) is 3.40. The van der Waals surface area contributed by atoms with Crippen molar-refractivity contribution in [3.63, 3.8) is 0 Å². The molecule has 0 atom stereocenters. The molecule has 2 aromatic carbocycles. The Hall–Kier alpha value is -2.00. The minimum absolute atomic E-state index is 0. The zero-order chi connectivity index (χ0) is 17.7. The number of hydrogen-bond donors (Lipinski definition) is 0. The molecule has 2 aromatic rings. The van der Waals surface area contributed by atoms with Crippen LogP contribution in [0.3, 0.4) is 0 Å². The van der Waals surface area contributed by atoms with Crippen LogP contribution in [-0.2, 0) is 39.3 Å². The van der Waals surface area contributed by atoms with Crippen LogP contribution in [0.15, 0.2) is 132 Å². The molecular weight excluding hydrogens is 600 g/mol. The summed E-state index contributed by atoms with van der Waals surface area (Å²) in [6.07, 6.45) is 14.0. The second-order valence-electron chi connectivity index (χ2n) is 5.29. The fourth-order valence-corrected chi connectivity index (χ4v) is 2.11. The third-order valence-corrected chi connectivity index (χ3v) is 3.40. The molecule has 0 radical (unpaired) electrons. The van der Waals surface area contributed by atoms with Crippen LogP contribution < -0.4 is 10.2 Å². The SMILES string of the molecule is [O-]C(CC([O-])=C1C=CC=C1)=C1C=CC=C1.[Os+2].[Ru+2].c1cc[cH-]c1.c1cc[cH-]c1. The van der Waals surface area contributed by atoms with Gasteiger partial charge < -0.3 is 10.2 Å². The van der Waals surface area contributed by atoms with Crippen LogP contribution in [-0.4, -0.2) is 0 Å². The molecule has 27 heavy (non-hydrogen) atoms. The Kier molecular flexibility index (Phi) is 14.0. The maximum atomic E-state index is 11.6. The zero-order valence-electron chi connectivity index (χ0n) is 14.6. The molecule has 2 nitrogen and oxygen atoms in total. The van der Waals surface area contributed by atoms with Gasteiger partial charge in [0.05, 0.1) is 0 Å². The van der Waals surface area contributed by atoms with E-state index in [2.05, 4.69) is 0 Å². The van der Waals surface area contributed by atoms with Crippen LogP contribution in [0.5, 0.6) is 0 Å². The van der Waals surface area contributed by atoms with Crippen LogP contribution in [0, 0.1) is 0 Å². The Bertz CT molecular complexity index is 659. The molecule has 4 heteroatoms. The molecule has 0 fully saturated rings. The van der Waals surface area contributed by atoms with Gasteiger partial charge in [-0.25, -0.2) is 24.3 Å². The quantitative estimate of drug-likeness (QED) is 0.293. The van der Waals surface area contributed by atoms with E-state index >= 15 is 0 Å². The van der Waals surface area contributed by atoms with E-state index in [-0.39, 0.29) is 57.2 Å². The summed E-state index contributed by atoms with van der Waals surface area (Å²) in [5.41, 5.74) is 1.21. The maximum Gasteiger partial charge on any atom is 2.00 e. The van der Waals surface area contributed by atoms with E-state index in [1.54, 1.807) is 48.6 Å². The summed E-state index contributed by atoms with van der Waals surface area (Å²) in [7, 11) is 0. The summed E-state index contributed by atoms with van der Waals surface area (Å²) in [6.45, 7) is 0. The number of allylic oxidation sites excluding steroid dienone is 10. The summed E-state index contributed by atoms with van der Waals surface area (Å²) < 4.78 is 0. The average Bonchev–Trinajstić information content (AvgIpc) is 3.48. The summed E-state index contributed by atoms with van der Waals surface area (Å²) in [6, 6.07) is 20.0. The van der Waals surface area contributed by atoms with Crippen molar-refractivity contribution >= 4 is 0 Å². The van der Waals surface area contributed by atoms with Gasteiger partial charge in [0, 0.05) is 0 Å². The van der Waals surface area contributed by atoms with E-state index in [0.717, 1.165) is 0 Å². The van der Waals surface area contributed by atoms with Gasteiger partial charge in [-0.05, 0) is 17.6 Å². The van der Waals surface area contributed by atoms with Crippen molar-refractivity contribution in [3.8, 4) is 0 Å². The molecular formula is C23H20O2OsRu. The van der Waals surface area contributed by atoms with Crippen molar-refractivity contribution < 1.29 is 49.5 Å². The van der Waals surface area contributed by atoms with Crippen LogP contribution in [0.25, 0.3) is 0 Å². The number of hydrogen-bond acceptors (Lipinski definition) is 2. The largest absolute Gasteiger partial charge is 2.00 e. The van der Waals surface area contributed by atoms with Gasteiger partial charge in [-0.3, -0.25) is 0 Å². The monoisotopic (exact) mass is 622 g/mol. The zero-order valence-corrected chi connectivity index (χ0v) is 18.9. The van der Waals surface area contributed by atoms with E-state index in [0.29, 0.717) is 11.1 Å². The second-order valence-corrected chi connectivity index (χ2v) is 5.29. The Morgan fingerprint density at radius 3 is 1.15 bits per heavy atom. The third kappa shape index (κ3) is 10.0. The van der Waals surface area contributed by atoms with Crippen LogP contribution in [0.1, 0.15) is 6.42 Å². The molecule has 0 aliphatic heterocycles. The van der Waals surface area contributed by atoms with Crippen molar-refractivity contribution in [1.29, 1.82) is 0 Å². The Morgan fingerprint density at radius 2 is 0.926 bits per heavy atom. The van der Waals surface area contributed by atoms with E-state index in [1.165, 1.54) is 0 Å². The van der Waals surface area contributed by atoms with Gasteiger partial charge in [0.1, 0.15) is 0 Å². The maximum absolute atomic E-state index is 11.6. The van der Waals surface area contributed by atoms with E-state index in [4.69, 9.17) is 0 Å². The molecule has 0 saturated carbocycles. The van der Waals surface area contributed by atoms with Gasteiger partial charge in [-0.2, -0.15) is 36.4 Å². The van der Waals surface area contributed by atoms with Crippen LogP contribution in [0.2, 0.25) is 0 Å². The van der Waals surface area contributed by atoms with Gasteiger partial charge in [-0.1, -0.05) is 48.6 Å². The molecule has 140 valence electrons. The van der Waals surface area contributed by atoms with E-state index in [1.807, 2.05) is 60.7 Å². The first-order valence-corrected chi connectivity index (χ1v) is 8.10. The van der Waals surface area contributed by atoms with Gasteiger partial charge in [-0.15, -0.1) is 11.5 Å². The van der Waals surface area contributed by atoms with Crippen molar-refractivity contribution in [3.05, 3.63) is 132 Å². The van der Waals surface area contributed by atoms with Gasteiger partial charge in [0.25, 0.3) is 0 Å². The van der Waals surface area contributed by atoms with Crippen molar-refractivity contribution in [2.75, 3.05) is 0 Å². The normalized spacial score (nSPS) is 12.3. The molecule has 0 unspecified atom stereocenters. The van der Waals surface area contributed by atoms with Crippen molar-refractivity contribution in [2.24, 2.45) is 0 Å². The average molecular weight is 620 g/mol. The van der Waals surface area contributed by atoms with Crippen LogP contribution >= 0.6 is 0 Å². The Labute approximate surface area is 187 Å². The van der Waals surface area contributed by atoms with Crippen LogP contribution in [0.4, 0.5) is 0 Å². The fraction of sp³-hybridized carbons (Fsp3) is 0.0435. The molecule has 2 aliphatic carbocycles. The Morgan fingerprint density at radius 1 is 0.630 bits per heavy atom. The predicted octanol–water partition coefficient (Wildman–Crippen LogP) is 3.66. The number of rotatable bonds is 2. The first-order chi connectivity index (χ1) is 12.3. The minimum Gasteiger partial charge on any atom is -0.875 e. The molecule has 0 N–H and O–H groups in total. The molecule has 4 rings (SSSR count). The standard InChI is InChI=1S/C13H12O2.2C5H5.Os.Ru/c14-12(10-5-1-2-6-10)9-13(15)11-7-3-4-8-11;2*1-2-4-5-3-1;;/h1-8,14-15H,9H2;2*1-5H;;/q;2*-1;2*+2/p-2. The summed E-state index contributed by atoms with van der Waals surface area (Å²) in [5, 5.41) is 23.2. The molecule has 0 saturated heterocycles. The fourth-order valence-electron chi connectivity index (χ4n) is 2.11. The predicted molar refractivity (Wildman–Crippen MR) is 99.3 cm³/mol. The van der Waals surface area contributed by atoms with Crippen molar-refractivity contribution in [2.45, 2.75) is 6.42 Å². The van der Waals surface area contributed by atoms with Gasteiger partial charge in [0.2, 0.25) is 0 Å². The van der Waals surface area contributed by atoms with E-state index in [9.17, 15) is 10.2 Å². The second kappa shape index (κ2) is 15.1. The molecule has 0 heterocycles. The first-order valence-electron chi connectivity index (χ1n) is 8.10. The summed E-state index contributed by atoms with van der Waals surface area (Å²) in [4.78, 5) is 0. The first kappa shape index (κ1) is 25.0. The summed E-state index contributed by atoms with van der Waals surface area (Å²) in [5.74, 6) is -0.239.